The molecule has 0 aromatic heterocycles. The maximum atomic E-state index is 6.03. The highest BCUT2D eigenvalue weighted by atomic mass is 16.5. The van der Waals surface area contributed by atoms with E-state index in [1.54, 1.807) is 0 Å². The SMILES string of the molecule is CC(C)CN1CCOC(CN2CCCC(N)C2)C1. The van der Waals surface area contributed by atoms with Crippen molar-refractivity contribution in [3.63, 3.8) is 0 Å². The second kappa shape index (κ2) is 6.85. The maximum Gasteiger partial charge on any atom is 0.0829 e. The number of nitrogens with two attached hydrogens (primary N) is 1. The van der Waals surface area contributed by atoms with Gasteiger partial charge in [-0.1, -0.05) is 13.8 Å². The van der Waals surface area contributed by atoms with E-state index in [-0.39, 0.29) is 0 Å². The first-order valence-corrected chi connectivity index (χ1v) is 7.45. The van der Waals surface area contributed by atoms with E-state index in [9.17, 15) is 0 Å². The monoisotopic (exact) mass is 255 g/mol. The average molecular weight is 255 g/mol. The molecule has 0 spiro atoms. The molecule has 2 heterocycles. The van der Waals surface area contributed by atoms with Gasteiger partial charge in [0.2, 0.25) is 0 Å². The van der Waals surface area contributed by atoms with E-state index < -0.39 is 0 Å². The minimum Gasteiger partial charge on any atom is -0.374 e. The van der Waals surface area contributed by atoms with Gasteiger partial charge in [-0.05, 0) is 25.3 Å². The first kappa shape index (κ1) is 14.3. The molecule has 2 aliphatic heterocycles. The molecule has 18 heavy (non-hydrogen) atoms. The number of ether oxygens (including phenoxy) is 1. The Kier molecular flexibility index (Phi) is 5.42. The molecule has 4 heteroatoms. The number of morpholine rings is 1. The molecule has 2 rings (SSSR count). The number of piperidine rings is 1. The van der Waals surface area contributed by atoms with Crippen molar-refractivity contribution in [2.24, 2.45) is 11.7 Å². The smallest absolute Gasteiger partial charge is 0.0829 e. The predicted octanol–water partition coefficient (Wildman–Crippen LogP) is 0.766. The molecule has 0 amide bonds. The zero-order valence-electron chi connectivity index (χ0n) is 12.0. The second-order valence-electron chi connectivity index (χ2n) is 6.31. The van der Waals surface area contributed by atoms with Crippen LogP contribution in [0.1, 0.15) is 26.7 Å². The molecule has 0 saturated carbocycles. The fourth-order valence-electron chi connectivity index (χ4n) is 3.12. The molecule has 2 saturated heterocycles. The molecule has 2 unspecified atom stereocenters. The average Bonchev–Trinajstić information content (AvgIpc) is 2.28. The standard InChI is InChI=1S/C14H29N3O/c1-12(2)8-17-6-7-18-14(11-17)10-16-5-3-4-13(15)9-16/h12-14H,3-11,15H2,1-2H3. The van der Waals surface area contributed by atoms with Gasteiger partial charge in [0.15, 0.2) is 0 Å². The van der Waals surface area contributed by atoms with Gasteiger partial charge in [0.1, 0.15) is 0 Å². The molecule has 2 atom stereocenters. The zero-order chi connectivity index (χ0) is 13.0. The van der Waals surface area contributed by atoms with Crippen molar-refractivity contribution in [2.75, 3.05) is 45.9 Å². The number of nitrogens with zero attached hydrogens (tertiary/aromatic N) is 2. The minimum absolute atomic E-state index is 0.370. The summed E-state index contributed by atoms with van der Waals surface area (Å²) in [5.74, 6) is 0.743. The lowest BCUT2D eigenvalue weighted by Crippen LogP contribution is -2.51. The number of likely N-dealkylation sites (tertiary alicyclic amines) is 1. The van der Waals surface area contributed by atoms with E-state index in [0.717, 1.165) is 38.7 Å². The predicted molar refractivity (Wildman–Crippen MR) is 74.7 cm³/mol. The van der Waals surface area contributed by atoms with Crippen molar-refractivity contribution in [3.8, 4) is 0 Å². The number of hydrogen-bond donors (Lipinski definition) is 1. The summed E-state index contributed by atoms with van der Waals surface area (Å²) in [5, 5.41) is 0. The molecular formula is C14H29N3O. The van der Waals surface area contributed by atoms with Gasteiger partial charge >= 0.3 is 0 Å². The quantitative estimate of drug-likeness (QED) is 0.805. The Morgan fingerprint density at radius 2 is 2.06 bits per heavy atom. The summed E-state index contributed by atoms with van der Waals surface area (Å²) >= 11 is 0. The Morgan fingerprint density at radius 1 is 1.22 bits per heavy atom. The van der Waals surface area contributed by atoms with Crippen LogP contribution in [0.15, 0.2) is 0 Å². The van der Waals surface area contributed by atoms with Crippen LogP contribution in [0.4, 0.5) is 0 Å². The van der Waals surface area contributed by atoms with Gasteiger partial charge in [-0.2, -0.15) is 0 Å². The Balaban J connectivity index is 1.74. The zero-order valence-corrected chi connectivity index (χ0v) is 12.0. The molecule has 2 fully saturated rings. The molecule has 0 aromatic carbocycles. The van der Waals surface area contributed by atoms with Gasteiger partial charge < -0.3 is 10.5 Å². The number of hydrogen-bond acceptors (Lipinski definition) is 4. The molecular weight excluding hydrogens is 226 g/mol. The normalized spacial score (nSPS) is 32.0. The van der Waals surface area contributed by atoms with Gasteiger partial charge in [-0.3, -0.25) is 9.80 Å². The van der Waals surface area contributed by atoms with Crippen molar-refractivity contribution in [1.82, 2.24) is 9.80 Å². The Morgan fingerprint density at radius 3 is 2.78 bits per heavy atom. The minimum atomic E-state index is 0.370. The van der Waals surface area contributed by atoms with Gasteiger partial charge in [0.25, 0.3) is 0 Å². The van der Waals surface area contributed by atoms with E-state index >= 15 is 0 Å². The van der Waals surface area contributed by atoms with Crippen LogP contribution in [0.25, 0.3) is 0 Å². The lowest BCUT2D eigenvalue weighted by molar-refractivity contribution is -0.0484. The summed E-state index contributed by atoms with van der Waals surface area (Å²) in [6, 6.07) is 0.370. The van der Waals surface area contributed by atoms with Crippen LogP contribution in [0, 0.1) is 5.92 Å². The number of rotatable bonds is 4. The van der Waals surface area contributed by atoms with Gasteiger partial charge in [-0.25, -0.2) is 0 Å². The van der Waals surface area contributed by atoms with Crippen molar-refractivity contribution >= 4 is 0 Å². The van der Waals surface area contributed by atoms with Crippen LogP contribution in [0.3, 0.4) is 0 Å². The Hall–Kier alpha value is -0.160. The summed E-state index contributed by atoms with van der Waals surface area (Å²) in [7, 11) is 0. The summed E-state index contributed by atoms with van der Waals surface area (Å²) in [6.45, 7) is 12.1. The van der Waals surface area contributed by atoms with E-state index in [1.807, 2.05) is 0 Å². The molecule has 4 nitrogen and oxygen atoms in total. The third-order valence-corrected chi connectivity index (χ3v) is 3.85. The van der Waals surface area contributed by atoms with Crippen molar-refractivity contribution in [2.45, 2.75) is 38.8 Å². The lowest BCUT2D eigenvalue weighted by atomic mass is 10.1. The van der Waals surface area contributed by atoms with Crippen LogP contribution in [0.2, 0.25) is 0 Å². The molecule has 2 aliphatic rings. The third-order valence-electron chi connectivity index (χ3n) is 3.85. The van der Waals surface area contributed by atoms with Gasteiger partial charge in [0.05, 0.1) is 12.7 Å². The van der Waals surface area contributed by atoms with E-state index in [2.05, 4.69) is 23.6 Å². The van der Waals surface area contributed by atoms with Gasteiger partial charge in [0, 0.05) is 38.8 Å². The molecule has 0 bridgehead atoms. The lowest BCUT2D eigenvalue weighted by Gasteiger charge is -2.38. The Labute approximate surface area is 111 Å². The van der Waals surface area contributed by atoms with Crippen LogP contribution in [0.5, 0.6) is 0 Å². The largest absolute Gasteiger partial charge is 0.374 e. The first-order chi connectivity index (χ1) is 8.63. The van der Waals surface area contributed by atoms with Crippen LogP contribution in [-0.2, 0) is 4.74 Å². The molecule has 2 N–H and O–H groups in total. The van der Waals surface area contributed by atoms with Crippen LogP contribution < -0.4 is 5.73 Å². The summed E-state index contributed by atoms with van der Waals surface area (Å²) < 4.78 is 5.90. The highest BCUT2D eigenvalue weighted by molar-refractivity contribution is 4.80. The fraction of sp³-hybridized carbons (Fsp3) is 1.00. The molecule has 106 valence electrons. The van der Waals surface area contributed by atoms with Crippen molar-refractivity contribution in [3.05, 3.63) is 0 Å². The van der Waals surface area contributed by atoms with Crippen LogP contribution in [-0.4, -0.2) is 67.8 Å². The molecule has 0 aromatic rings. The third kappa shape index (κ3) is 4.50. The van der Waals surface area contributed by atoms with E-state index in [1.165, 1.54) is 25.9 Å². The van der Waals surface area contributed by atoms with Crippen molar-refractivity contribution < 1.29 is 4.74 Å². The first-order valence-electron chi connectivity index (χ1n) is 7.45. The summed E-state index contributed by atoms with van der Waals surface area (Å²) in [4.78, 5) is 5.03. The highest BCUT2D eigenvalue weighted by Gasteiger charge is 2.25. The van der Waals surface area contributed by atoms with Crippen LogP contribution >= 0.6 is 0 Å². The Bertz CT molecular complexity index is 247. The highest BCUT2D eigenvalue weighted by Crippen LogP contribution is 2.13. The fourth-order valence-corrected chi connectivity index (χ4v) is 3.12. The van der Waals surface area contributed by atoms with E-state index in [0.29, 0.717) is 12.1 Å². The summed E-state index contributed by atoms with van der Waals surface area (Å²) in [6.07, 6.45) is 2.80. The van der Waals surface area contributed by atoms with E-state index in [4.69, 9.17) is 10.5 Å². The summed E-state index contributed by atoms with van der Waals surface area (Å²) in [5.41, 5.74) is 6.03. The molecule has 0 radical (unpaired) electrons. The molecule has 0 aliphatic carbocycles. The topological polar surface area (TPSA) is 41.7 Å². The maximum absolute atomic E-state index is 6.03. The van der Waals surface area contributed by atoms with Crippen molar-refractivity contribution in [1.29, 1.82) is 0 Å². The van der Waals surface area contributed by atoms with Gasteiger partial charge in [-0.15, -0.1) is 0 Å². The second-order valence-corrected chi connectivity index (χ2v) is 6.31.